The molecule has 0 amide bonds. The Bertz CT molecular complexity index is 314. The first-order valence-corrected chi connectivity index (χ1v) is 4.82. The van der Waals surface area contributed by atoms with Gasteiger partial charge in [0.15, 0.2) is 5.13 Å². The summed E-state index contributed by atoms with van der Waals surface area (Å²) in [5, 5.41) is 0.497. The van der Waals surface area contributed by atoms with Crippen LogP contribution < -0.4 is 5.73 Å². The summed E-state index contributed by atoms with van der Waals surface area (Å²) < 4.78 is 4.79. The zero-order valence-electron chi connectivity index (χ0n) is 8.07. The van der Waals surface area contributed by atoms with Crippen molar-refractivity contribution >= 4 is 34.8 Å². The lowest BCUT2D eigenvalue weighted by Crippen LogP contribution is -2.08. The summed E-state index contributed by atoms with van der Waals surface area (Å²) in [6.07, 6.45) is 0.216. The van der Waals surface area contributed by atoms with E-state index >= 15 is 0 Å². The molecule has 1 rings (SSSR count). The molecular weight excluding hydrogens is 224 g/mol. The van der Waals surface area contributed by atoms with E-state index in [4.69, 9.17) is 10.5 Å². The fraction of sp³-hybridized carbons (Fsp3) is 0.500. The van der Waals surface area contributed by atoms with Crippen molar-refractivity contribution in [3.63, 3.8) is 0 Å². The molecule has 0 aliphatic carbocycles. The van der Waals surface area contributed by atoms with Crippen LogP contribution in [0.15, 0.2) is 0 Å². The van der Waals surface area contributed by atoms with E-state index in [1.54, 1.807) is 6.92 Å². The Balaban J connectivity index is 0.00000169. The van der Waals surface area contributed by atoms with E-state index in [1.807, 2.05) is 6.92 Å². The first kappa shape index (κ1) is 13.2. The number of hydrogen-bond acceptors (Lipinski definition) is 5. The Labute approximate surface area is 92.9 Å². The van der Waals surface area contributed by atoms with Gasteiger partial charge in [-0.25, -0.2) is 4.98 Å². The average Bonchev–Trinajstić information content (AvgIpc) is 2.30. The zero-order chi connectivity index (χ0) is 9.84. The van der Waals surface area contributed by atoms with Gasteiger partial charge in [0.1, 0.15) is 0 Å². The van der Waals surface area contributed by atoms with Crippen LogP contribution in [-0.2, 0) is 16.0 Å². The lowest BCUT2D eigenvalue weighted by molar-refractivity contribution is -0.142. The van der Waals surface area contributed by atoms with Crippen molar-refractivity contribution in [3.05, 3.63) is 10.6 Å². The Morgan fingerprint density at radius 2 is 2.29 bits per heavy atom. The number of hydrogen-bond donors (Lipinski definition) is 1. The third kappa shape index (κ3) is 3.51. The number of nitrogen functional groups attached to an aromatic ring is 1. The number of ether oxygens (including phenoxy) is 1. The van der Waals surface area contributed by atoms with Crippen LogP contribution in [0, 0.1) is 6.92 Å². The van der Waals surface area contributed by atoms with Crippen LogP contribution >= 0.6 is 23.7 Å². The molecule has 0 bridgehead atoms. The highest BCUT2D eigenvalue weighted by molar-refractivity contribution is 7.15. The fourth-order valence-electron chi connectivity index (χ4n) is 0.963. The second-order valence-electron chi connectivity index (χ2n) is 2.54. The highest BCUT2D eigenvalue weighted by Crippen LogP contribution is 2.19. The van der Waals surface area contributed by atoms with Gasteiger partial charge in [-0.3, -0.25) is 4.79 Å². The monoisotopic (exact) mass is 236 g/mol. The SMILES string of the molecule is CCOC(=O)Cc1nc(N)sc1C.Cl. The minimum atomic E-state index is -0.254. The van der Waals surface area contributed by atoms with Crippen LogP contribution in [0.1, 0.15) is 17.5 Å². The highest BCUT2D eigenvalue weighted by Gasteiger charge is 2.10. The second-order valence-corrected chi connectivity index (χ2v) is 3.77. The number of nitrogens with two attached hydrogens (primary N) is 1. The molecule has 0 unspecified atom stereocenters. The molecule has 4 nitrogen and oxygen atoms in total. The van der Waals surface area contributed by atoms with E-state index in [0.717, 1.165) is 10.6 Å². The molecule has 1 aromatic heterocycles. The van der Waals surface area contributed by atoms with Gasteiger partial charge in [-0.05, 0) is 13.8 Å². The van der Waals surface area contributed by atoms with Gasteiger partial charge >= 0.3 is 5.97 Å². The van der Waals surface area contributed by atoms with E-state index in [-0.39, 0.29) is 24.8 Å². The third-order valence-corrected chi connectivity index (χ3v) is 2.37. The normalized spacial score (nSPS) is 9.29. The topological polar surface area (TPSA) is 65.2 Å². The summed E-state index contributed by atoms with van der Waals surface area (Å²) in [5.41, 5.74) is 6.21. The molecule has 0 atom stereocenters. The van der Waals surface area contributed by atoms with Gasteiger partial charge in [0.05, 0.1) is 18.7 Å². The molecule has 1 aromatic rings. The molecule has 0 aliphatic heterocycles. The molecule has 2 N–H and O–H groups in total. The van der Waals surface area contributed by atoms with Crippen LogP contribution in [0.2, 0.25) is 0 Å². The summed E-state index contributed by atoms with van der Waals surface area (Å²) in [6.45, 7) is 4.07. The smallest absolute Gasteiger partial charge is 0.311 e. The zero-order valence-corrected chi connectivity index (χ0v) is 9.70. The van der Waals surface area contributed by atoms with Crippen molar-refractivity contribution in [2.75, 3.05) is 12.3 Å². The number of carbonyl (C=O) groups excluding carboxylic acids is 1. The minimum Gasteiger partial charge on any atom is -0.466 e. The highest BCUT2D eigenvalue weighted by atomic mass is 35.5. The maximum absolute atomic E-state index is 11.1. The fourth-order valence-corrected chi connectivity index (χ4v) is 1.67. The van der Waals surface area contributed by atoms with Gasteiger partial charge in [-0.2, -0.15) is 0 Å². The third-order valence-electron chi connectivity index (χ3n) is 1.53. The van der Waals surface area contributed by atoms with Crippen molar-refractivity contribution in [1.82, 2.24) is 4.98 Å². The lowest BCUT2D eigenvalue weighted by atomic mass is 10.3. The Morgan fingerprint density at radius 3 is 2.71 bits per heavy atom. The number of nitrogens with zero attached hydrogens (tertiary/aromatic N) is 1. The molecule has 80 valence electrons. The number of aromatic nitrogens is 1. The van der Waals surface area contributed by atoms with Crippen molar-refractivity contribution in [1.29, 1.82) is 0 Å². The predicted octanol–water partition coefficient (Wildman–Crippen LogP) is 1.56. The van der Waals surface area contributed by atoms with Gasteiger partial charge in [0.25, 0.3) is 0 Å². The first-order chi connectivity index (χ1) is 6.13. The summed E-state index contributed by atoms with van der Waals surface area (Å²) >= 11 is 1.39. The molecule has 0 saturated heterocycles. The number of halogens is 1. The number of anilines is 1. The van der Waals surface area contributed by atoms with Gasteiger partial charge in [0.2, 0.25) is 0 Å². The summed E-state index contributed by atoms with van der Waals surface area (Å²) in [4.78, 5) is 16.1. The van der Waals surface area contributed by atoms with Crippen molar-refractivity contribution in [3.8, 4) is 0 Å². The summed E-state index contributed by atoms with van der Waals surface area (Å²) in [5.74, 6) is -0.254. The van der Waals surface area contributed by atoms with E-state index in [2.05, 4.69) is 4.98 Å². The maximum atomic E-state index is 11.1. The number of rotatable bonds is 3. The van der Waals surface area contributed by atoms with Gasteiger partial charge in [0, 0.05) is 4.88 Å². The lowest BCUT2D eigenvalue weighted by Gasteiger charge is -1.99. The standard InChI is InChI=1S/C8H12N2O2S.ClH/c1-3-12-7(11)4-6-5(2)13-8(9)10-6;/h3-4H2,1-2H3,(H2,9,10);1H. The van der Waals surface area contributed by atoms with Crippen LogP contribution in [0.3, 0.4) is 0 Å². The van der Waals surface area contributed by atoms with Gasteiger partial charge < -0.3 is 10.5 Å². The quantitative estimate of drug-likeness (QED) is 0.809. The van der Waals surface area contributed by atoms with Crippen molar-refractivity contribution < 1.29 is 9.53 Å². The second kappa shape index (κ2) is 5.82. The van der Waals surface area contributed by atoms with E-state index in [0.29, 0.717) is 11.7 Å². The summed E-state index contributed by atoms with van der Waals surface area (Å²) in [6, 6.07) is 0. The van der Waals surface area contributed by atoms with Gasteiger partial charge in [-0.1, -0.05) is 0 Å². The number of esters is 1. The van der Waals surface area contributed by atoms with E-state index in [9.17, 15) is 4.79 Å². The Morgan fingerprint density at radius 1 is 1.64 bits per heavy atom. The number of aryl methyl sites for hydroxylation is 1. The summed E-state index contributed by atoms with van der Waals surface area (Å²) in [7, 11) is 0. The van der Waals surface area contributed by atoms with Crippen LogP contribution in [-0.4, -0.2) is 17.6 Å². The molecule has 6 heteroatoms. The molecule has 0 radical (unpaired) electrons. The van der Waals surface area contributed by atoms with E-state index in [1.165, 1.54) is 11.3 Å². The molecule has 14 heavy (non-hydrogen) atoms. The van der Waals surface area contributed by atoms with Crippen LogP contribution in [0.4, 0.5) is 5.13 Å². The average molecular weight is 237 g/mol. The molecule has 1 heterocycles. The van der Waals surface area contributed by atoms with Gasteiger partial charge in [-0.15, -0.1) is 23.7 Å². The molecule has 0 spiro atoms. The Kier molecular flexibility index (Phi) is 5.49. The van der Waals surface area contributed by atoms with Crippen molar-refractivity contribution in [2.24, 2.45) is 0 Å². The molecular formula is C8H13ClN2O2S. The largest absolute Gasteiger partial charge is 0.466 e. The van der Waals surface area contributed by atoms with Crippen molar-refractivity contribution in [2.45, 2.75) is 20.3 Å². The number of thiazole rings is 1. The molecule has 0 aromatic carbocycles. The number of carbonyl (C=O) groups is 1. The molecule has 0 aliphatic rings. The predicted molar refractivity (Wildman–Crippen MR) is 58.8 cm³/mol. The van der Waals surface area contributed by atoms with E-state index < -0.39 is 0 Å². The maximum Gasteiger partial charge on any atom is 0.311 e. The first-order valence-electron chi connectivity index (χ1n) is 4.01. The molecule has 0 fully saturated rings. The van der Waals surface area contributed by atoms with Crippen LogP contribution in [0.5, 0.6) is 0 Å². The molecule has 0 saturated carbocycles. The Hall–Kier alpha value is -0.810. The minimum absolute atomic E-state index is 0. The van der Waals surface area contributed by atoms with Crippen LogP contribution in [0.25, 0.3) is 0 Å².